The summed E-state index contributed by atoms with van der Waals surface area (Å²) in [6.45, 7) is 2.94. The van der Waals surface area contributed by atoms with E-state index in [1.54, 1.807) is 27.9 Å². The molecule has 2 fully saturated rings. The van der Waals surface area contributed by atoms with E-state index in [4.69, 9.17) is 9.72 Å². The van der Waals surface area contributed by atoms with Crippen molar-refractivity contribution < 1.29 is 18.3 Å². The molecule has 1 aromatic carbocycles. The highest BCUT2D eigenvalue weighted by molar-refractivity contribution is 5.92. The van der Waals surface area contributed by atoms with Crippen LogP contribution < -0.4 is 4.90 Å². The summed E-state index contributed by atoms with van der Waals surface area (Å²) < 4.78 is 35.1. The van der Waals surface area contributed by atoms with Crippen molar-refractivity contribution in [2.45, 2.75) is 18.9 Å². The van der Waals surface area contributed by atoms with E-state index in [-0.39, 0.29) is 11.9 Å². The molecule has 0 bridgehead atoms. The molecular formula is C23H23F2N5O2. The van der Waals surface area contributed by atoms with Crippen molar-refractivity contribution in [3.63, 3.8) is 0 Å². The molecule has 1 atom stereocenters. The van der Waals surface area contributed by atoms with E-state index in [0.717, 1.165) is 12.5 Å². The van der Waals surface area contributed by atoms with Crippen LogP contribution >= 0.6 is 0 Å². The number of amides is 1. The Morgan fingerprint density at radius 2 is 2.00 bits per heavy atom. The first kappa shape index (κ1) is 20.6. The second-order valence-electron chi connectivity index (χ2n) is 7.94. The zero-order chi connectivity index (χ0) is 22.1. The number of hydrogen-bond acceptors (Lipinski definition) is 5. The van der Waals surface area contributed by atoms with Gasteiger partial charge in [-0.3, -0.25) is 4.79 Å². The third-order valence-corrected chi connectivity index (χ3v) is 5.97. The van der Waals surface area contributed by atoms with E-state index in [1.807, 2.05) is 11.0 Å². The molecule has 0 saturated carbocycles. The number of morpholine rings is 1. The molecule has 166 valence electrons. The highest BCUT2D eigenvalue weighted by atomic mass is 19.1. The number of anilines is 1. The summed E-state index contributed by atoms with van der Waals surface area (Å²) in [7, 11) is 0. The third-order valence-electron chi connectivity index (χ3n) is 5.97. The Labute approximate surface area is 183 Å². The van der Waals surface area contributed by atoms with E-state index in [9.17, 15) is 13.6 Å². The fraction of sp³-hybridized carbons (Fsp3) is 0.348. The van der Waals surface area contributed by atoms with Crippen LogP contribution in [0, 0.1) is 11.6 Å². The van der Waals surface area contributed by atoms with Crippen LogP contribution in [0.25, 0.3) is 11.7 Å². The maximum Gasteiger partial charge on any atom is 0.246 e. The normalized spacial score (nSPS) is 19.4. The number of hydrogen-bond donors (Lipinski definition) is 0. The number of carbonyl (C=O) groups excluding carboxylic acids is 1. The van der Waals surface area contributed by atoms with Gasteiger partial charge in [0.2, 0.25) is 5.91 Å². The van der Waals surface area contributed by atoms with Crippen LogP contribution in [0.3, 0.4) is 0 Å². The van der Waals surface area contributed by atoms with Gasteiger partial charge in [0.05, 0.1) is 25.5 Å². The van der Waals surface area contributed by atoms with Crippen LogP contribution in [0.5, 0.6) is 0 Å². The number of carbonyl (C=O) groups is 1. The lowest BCUT2D eigenvalue weighted by Crippen LogP contribution is -2.39. The van der Waals surface area contributed by atoms with Crippen molar-refractivity contribution in [2.24, 2.45) is 0 Å². The monoisotopic (exact) mass is 439 g/mol. The van der Waals surface area contributed by atoms with E-state index in [2.05, 4.69) is 5.10 Å². The Morgan fingerprint density at radius 1 is 1.16 bits per heavy atom. The fourth-order valence-corrected chi connectivity index (χ4v) is 4.34. The van der Waals surface area contributed by atoms with Crippen molar-refractivity contribution in [3.8, 4) is 0 Å². The summed E-state index contributed by atoms with van der Waals surface area (Å²) in [6, 6.07) is 5.10. The number of aromatic nitrogens is 3. The van der Waals surface area contributed by atoms with Crippen LogP contribution in [-0.4, -0.2) is 58.3 Å². The largest absolute Gasteiger partial charge is 0.378 e. The first-order valence-corrected chi connectivity index (χ1v) is 10.7. The summed E-state index contributed by atoms with van der Waals surface area (Å²) in [4.78, 5) is 20.9. The minimum absolute atomic E-state index is 0.0787. The number of halogens is 2. The molecular weight excluding hydrogens is 416 g/mol. The predicted octanol–water partition coefficient (Wildman–Crippen LogP) is 3.22. The van der Waals surface area contributed by atoms with Gasteiger partial charge in [0.1, 0.15) is 17.5 Å². The fourth-order valence-electron chi connectivity index (χ4n) is 4.34. The number of rotatable bonds is 4. The van der Waals surface area contributed by atoms with Crippen molar-refractivity contribution in [2.75, 3.05) is 37.7 Å². The van der Waals surface area contributed by atoms with E-state index >= 15 is 0 Å². The molecule has 0 N–H and O–H groups in total. The summed E-state index contributed by atoms with van der Waals surface area (Å²) in [6.07, 6.45) is 8.25. The van der Waals surface area contributed by atoms with E-state index in [1.165, 1.54) is 18.2 Å². The standard InChI is InChI=1S/C23H23F2N5O2/c24-17-4-5-19(25)18(14-17)20-2-1-8-29(20)21-7-9-30-23(27-21)16(15-26-30)3-6-22(31)28-10-12-32-13-11-28/h3-7,9,14-15,20H,1-2,8,10-13H2/t20-/m1/s1. The second kappa shape index (κ2) is 8.66. The molecule has 9 heteroatoms. The smallest absolute Gasteiger partial charge is 0.246 e. The molecule has 7 nitrogen and oxygen atoms in total. The number of fused-ring (bicyclic) bond motifs is 1. The Balaban J connectivity index is 1.42. The second-order valence-corrected chi connectivity index (χ2v) is 7.94. The Morgan fingerprint density at radius 3 is 2.84 bits per heavy atom. The lowest BCUT2D eigenvalue weighted by Gasteiger charge is -2.26. The van der Waals surface area contributed by atoms with Gasteiger partial charge < -0.3 is 14.5 Å². The predicted molar refractivity (Wildman–Crippen MR) is 115 cm³/mol. The lowest BCUT2D eigenvalue weighted by molar-refractivity contribution is -0.129. The quantitative estimate of drug-likeness (QED) is 0.584. The van der Waals surface area contributed by atoms with Crippen LogP contribution in [0.15, 0.2) is 42.7 Å². The highest BCUT2D eigenvalue weighted by Gasteiger charge is 2.30. The van der Waals surface area contributed by atoms with Gasteiger partial charge >= 0.3 is 0 Å². The summed E-state index contributed by atoms with van der Waals surface area (Å²) in [5, 5.41) is 4.31. The Kier molecular flexibility index (Phi) is 5.57. The maximum absolute atomic E-state index is 14.4. The van der Waals surface area contributed by atoms with Crippen LogP contribution in [0.1, 0.15) is 30.0 Å². The third kappa shape index (κ3) is 3.95. The summed E-state index contributed by atoms with van der Waals surface area (Å²) in [5.74, 6) is -0.285. The van der Waals surface area contributed by atoms with Gasteiger partial charge in [-0.25, -0.2) is 18.3 Å². The van der Waals surface area contributed by atoms with Gasteiger partial charge in [0, 0.05) is 43.0 Å². The molecule has 0 radical (unpaired) electrons. The molecule has 32 heavy (non-hydrogen) atoms. The van der Waals surface area contributed by atoms with Gasteiger partial charge in [-0.1, -0.05) is 0 Å². The molecule has 0 unspecified atom stereocenters. The van der Waals surface area contributed by atoms with E-state index in [0.29, 0.717) is 61.9 Å². The van der Waals surface area contributed by atoms with Gasteiger partial charge in [-0.15, -0.1) is 0 Å². The Hall–Kier alpha value is -3.33. The van der Waals surface area contributed by atoms with Crippen molar-refractivity contribution in [1.82, 2.24) is 19.5 Å². The zero-order valence-electron chi connectivity index (χ0n) is 17.5. The van der Waals surface area contributed by atoms with Crippen LogP contribution in [0.4, 0.5) is 14.6 Å². The van der Waals surface area contributed by atoms with Crippen molar-refractivity contribution >= 4 is 23.4 Å². The summed E-state index contributed by atoms with van der Waals surface area (Å²) in [5.41, 5.74) is 1.65. The Bertz CT molecular complexity index is 1170. The topological polar surface area (TPSA) is 63.0 Å². The molecule has 4 heterocycles. The van der Waals surface area contributed by atoms with Gasteiger partial charge in [0.15, 0.2) is 5.65 Å². The molecule has 1 amide bonds. The van der Waals surface area contributed by atoms with Gasteiger partial charge in [-0.05, 0) is 43.2 Å². The highest BCUT2D eigenvalue weighted by Crippen LogP contribution is 2.36. The van der Waals surface area contributed by atoms with Crippen LogP contribution in [-0.2, 0) is 9.53 Å². The molecule has 2 saturated heterocycles. The van der Waals surface area contributed by atoms with Gasteiger partial charge in [0.25, 0.3) is 0 Å². The number of nitrogens with zero attached hydrogens (tertiary/aromatic N) is 5. The van der Waals surface area contributed by atoms with Crippen LogP contribution in [0.2, 0.25) is 0 Å². The zero-order valence-corrected chi connectivity index (χ0v) is 17.5. The molecule has 0 spiro atoms. The molecule has 5 rings (SSSR count). The number of ether oxygens (including phenoxy) is 1. The van der Waals surface area contributed by atoms with E-state index < -0.39 is 11.6 Å². The minimum Gasteiger partial charge on any atom is -0.378 e. The van der Waals surface area contributed by atoms with Crippen molar-refractivity contribution in [3.05, 3.63) is 65.5 Å². The average Bonchev–Trinajstić information content (AvgIpc) is 3.46. The lowest BCUT2D eigenvalue weighted by atomic mass is 10.0. The number of benzene rings is 1. The molecule has 2 aromatic heterocycles. The molecule has 0 aliphatic carbocycles. The van der Waals surface area contributed by atoms with Crippen molar-refractivity contribution in [1.29, 1.82) is 0 Å². The molecule has 2 aliphatic heterocycles. The first-order chi connectivity index (χ1) is 15.6. The first-order valence-electron chi connectivity index (χ1n) is 10.7. The maximum atomic E-state index is 14.4. The minimum atomic E-state index is -0.454. The SMILES string of the molecule is O=C(C=Cc1cnn2ccc(N3CCC[C@@H]3c3cc(F)ccc3F)nc12)N1CCOCC1. The average molecular weight is 439 g/mol. The molecule has 2 aliphatic rings. The van der Waals surface area contributed by atoms with Gasteiger partial charge in [-0.2, -0.15) is 5.10 Å². The molecule has 3 aromatic rings. The summed E-state index contributed by atoms with van der Waals surface area (Å²) >= 11 is 0.